The van der Waals surface area contributed by atoms with Gasteiger partial charge < -0.3 is 4.57 Å². The first-order valence-corrected chi connectivity index (χ1v) is 5.09. The van der Waals surface area contributed by atoms with Crippen molar-refractivity contribution >= 4 is 0 Å². The van der Waals surface area contributed by atoms with E-state index in [0.717, 1.165) is 24.5 Å². The van der Waals surface area contributed by atoms with Gasteiger partial charge in [0.1, 0.15) is 18.0 Å². The summed E-state index contributed by atoms with van der Waals surface area (Å²) in [6, 6.07) is -0.0285. The average molecular weight is 221 g/mol. The predicted molar refractivity (Wildman–Crippen MR) is 58.0 cm³/mol. The molecule has 2 heterocycles. The minimum absolute atomic E-state index is 0.0285. The van der Waals surface area contributed by atoms with E-state index in [0.29, 0.717) is 0 Å². The number of imidazole rings is 1. The van der Waals surface area contributed by atoms with Crippen LogP contribution in [0.4, 0.5) is 0 Å². The van der Waals surface area contributed by atoms with E-state index in [-0.39, 0.29) is 6.04 Å². The number of aromatic nitrogens is 5. The number of aryl methyl sites for hydroxylation is 2. The van der Waals surface area contributed by atoms with Gasteiger partial charge in [0.2, 0.25) is 0 Å². The van der Waals surface area contributed by atoms with E-state index in [9.17, 15) is 0 Å². The van der Waals surface area contributed by atoms with Gasteiger partial charge in [-0.3, -0.25) is 10.9 Å². The first-order chi connectivity index (χ1) is 7.81. The van der Waals surface area contributed by atoms with Crippen molar-refractivity contribution in [2.45, 2.75) is 18.9 Å². The number of rotatable bonds is 5. The topological polar surface area (TPSA) is 97.4 Å². The average Bonchev–Trinajstić information content (AvgIpc) is 2.92. The first kappa shape index (κ1) is 10.8. The van der Waals surface area contributed by atoms with Crippen LogP contribution in [0.3, 0.4) is 0 Å². The second kappa shape index (κ2) is 4.86. The summed E-state index contributed by atoms with van der Waals surface area (Å²) in [5.41, 5.74) is 2.72. The van der Waals surface area contributed by atoms with Gasteiger partial charge in [-0.25, -0.2) is 15.4 Å². The van der Waals surface area contributed by atoms with Gasteiger partial charge >= 0.3 is 0 Å². The molecule has 2 rings (SSSR count). The number of nitrogens with two attached hydrogens (primary N) is 1. The summed E-state index contributed by atoms with van der Waals surface area (Å²) in [6.45, 7) is 0. The summed E-state index contributed by atoms with van der Waals surface area (Å²) in [7, 11) is 1.97. The zero-order valence-corrected chi connectivity index (χ0v) is 9.09. The second-order valence-corrected chi connectivity index (χ2v) is 3.58. The molecule has 2 aromatic heterocycles. The summed E-state index contributed by atoms with van der Waals surface area (Å²) < 4.78 is 1.99. The van der Waals surface area contributed by atoms with Crippen molar-refractivity contribution in [3.05, 3.63) is 30.4 Å². The third-order valence-corrected chi connectivity index (χ3v) is 2.54. The molecule has 0 saturated carbocycles. The molecule has 16 heavy (non-hydrogen) atoms. The van der Waals surface area contributed by atoms with Crippen molar-refractivity contribution in [2.75, 3.05) is 0 Å². The summed E-state index contributed by atoms with van der Waals surface area (Å²) in [4.78, 5) is 8.32. The highest BCUT2D eigenvalue weighted by atomic mass is 15.3. The van der Waals surface area contributed by atoms with Gasteiger partial charge in [0.15, 0.2) is 0 Å². The van der Waals surface area contributed by atoms with E-state index >= 15 is 0 Å². The highest BCUT2D eigenvalue weighted by Crippen LogP contribution is 2.13. The largest absolute Gasteiger partial charge is 0.338 e. The SMILES string of the molecule is Cn1ccnc1CCC(NN)c1ncn[nH]1. The van der Waals surface area contributed by atoms with Crippen LogP contribution in [0, 0.1) is 0 Å². The molecule has 7 heteroatoms. The van der Waals surface area contributed by atoms with Crippen LogP contribution in [0.15, 0.2) is 18.7 Å². The lowest BCUT2D eigenvalue weighted by Gasteiger charge is -2.12. The molecule has 0 saturated heterocycles. The Morgan fingerprint density at radius 2 is 2.44 bits per heavy atom. The lowest BCUT2D eigenvalue weighted by molar-refractivity contribution is 0.484. The van der Waals surface area contributed by atoms with Gasteiger partial charge in [0.25, 0.3) is 0 Å². The van der Waals surface area contributed by atoms with Gasteiger partial charge in [0, 0.05) is 25.9 Å². The molecule has 0 aromatic carbocycles. The zero-order chi connectivity index (χ0) is 11.4. The van der Waals surface area contributed by atoms with E-state index in [2.05, 4.69) is 25.6 Å². The Hall–Kier alpha value is -1.73. The van der Waals surface area contributed by atoms with Crippen molar-refractivity contribution in [3.63, 3.8) is 0 Å². The van der Waals surface area contributed by atoms with E-state index < -0.39 is 0 Å². The molecule has 0 aliphatic rings. The van der Waals surface area contributed by atoms with Crippen molar-refractivity contribution in [1.29, 1.82) is 0 Å². The van der Waals surface area contributed by atoms with E-state index in [4.69, 9.17) is 5.84 Å². The normalized spacial score (nSPS) is 12.9. The fourth-order valence-corrected chi connectivity index (χ4v) is 1.59. The zero-order valence-electron chi connectivity index (χ0n) is 9.09. The molecule has 2 aromatic rings. The highest BCUT2D eigenvalue weighted by Gasteiger charge is 2.13. The maximum atomic E-state index is 5.48. The third kappa shape index (κ3) is 2.26. The Balaban J connectivity index is 1.96. The van der Waals surface area contributed by atoms with Crippen LogP contribution >= 0.6 is 0 Å². The summed E-state index contributed by atoms with van der Waals surface area (Å²) in [5, 5.41) is 6.60. The fraction of sp³-hybridized carbons (Fsp3) is 0.444. The minimum Gasteiger partial charge on any atom is -0.338 e. The molecule has 0 fully saturated rings. The van der Waals surface area contributed by atoms with Gasteiger partial charge in [-0.05, 0) is 6.42 Å². The summed E-state index contributed by atoms with van der Waals surface area (Å²) >= 11 is 0. The van der Waals surface area contributed by atoms with Crippen LogP contribution < -0.4 is 11.3 Å². The molecule has 4 N–H and O–H groups in total. The number of hydrazine groups is 1. The molecule has 1 atom stereocenters. The Labute approximate surface area is 93.1 Å². The monoisotopic (exact) mass is 221 g/mol. The molecule has 7 nitrogen and oxygen atoms in total. The number of hydrogen-bond donors (Lipinski definition) is 3. The number of aromatic amines is 1. The molecular formula is C9H15N7. The fourth-order valence-electron chi connectivity index (χ4n) is 1.59. The standard InChI is InChI=1S/C9H15N7/c1-16-5-4-11-8(16)3-2-7(14-10)9-12-6-13-15-9/h4-7,14H,2-3,10H2,1H3,(H,12,13,15). The van der Waals surface area contributed by atoms with Crippen molar-refractivity contribution < 1.29 is 0 Å². The van der Waals surface area contributed by atoms with Crippen molar-refractivity contribution in [1.82, 2.24) is 30.2 Å². The Morgan fingerprint density at radius 1 is 1.56 bits per heavy atom. The van der Waals surface area contributed by atoms with Crippen molar-refractivity contribution in [2.24, 2.45) is 12.9 Å². The third-order valence-electron chi connectivity index (χ3n) is 2.54. The van der Waals surface area contributed by atoms with Crippen molar-refractivity contribution in [3.8, 4) is 0 Å². The molecular weight excluding hydrogens is 206 g/mol. The summed E-state index contributed by atoms with van der Waals surface area (Å²) in [5.74, 6) is 7.25. The van der Waals surface area contributed by atoms with E-state index in [1.807, 2.05) is 17.8 Å². The van der Waals surface area contributed by atoms with Gasteiger partial charge in [0.05, 0.1) is 6.04 Å². The van der Waals surface area contributed by atoms with Crippen LogP contribution in [0.2, 0.25) is 0 Å². The van der Waals surface area contributed by atoms with Crippen LogP contribution in [0.25, 0.3) is 0 Å². The highest BCUT2D eigenvalue weighted by molar-refractivity contribution is 4.96. The van der Waals surface area contributed by atoms with E-state index in [1.54, 1.807) is 6.20 Å². The van der Waals surface area contributed by atoms with Gasteiger partial charge in [-0.15, -0.1) is 0 Å². The Morgan fingerprint density at radius 3 is 3.00 bits per heavy atom. The Bertz CT molecular complexity index is 419. The van der Waals surface area contributed by atoms with Crippen LogP contribution in [-0.4, -0.2) is 24.7 Å². The molecule has 1 unspecified atom stereocenters. The number of H-pyrrole nitrogens is 1. The molecule has 0 amide bonds. The van der Waals surface area contributed by atoms with Gasteiger partial charge in [-0.1, -0.05) is 0 Å². The maximum absolute atomic E-state index is 5.48. The first-order valence-electron chi connectivity index (χ1n) is 5.09. The van der Waals surface area contributed by atoms with Crippen LogP contribution in [0.1, 0.15) is 24.1 Å². The predicted octanol–water partition coefficient (Wildman–Crippen LogP) is -0.325. The minimum atomic E-state index is -0.0285. The quantitative estimate of drug-likeness (QED) is 0.474. The lowest BCUT2D eigenvalue weighted by atomic mass is 10.1. The Kier molecular flexibility index (Phi) is 3.28. The van der Waals surface area contributed by atoms with Crippen LogP contribution in [-0.2, 0) is 13.5 Å². The van der Waals surface area contributed by atoms with Gasteiger partial charge in [-0.2, -0.15) is 5.10 Å². The molecule has 0 aliphatic heterocycles. The number of nitrogens with one attached hydrogen (secondary N) is 2. The number of nitrogens with zero attached hydrogens (tertiary/aromatic N) is 4. The molecule has 0 aliphatic carbocycles. The summed E-state index contributed by atoms with van der Waals surface area (Å²) in [6.07, 6.45) is 6.83. The molecule has 0 radical (unpaired) electrons. The maximum Gasteiger partial charge on any atom is 0.142 e. The molecule has 86 valence electrons. The molecule has 0 bridgehead atoms. The lowest BCUT2D eigenvalue weighted by Crippen LogP contribution is -2.29. The molecule has 0 spiro atoms. The van der Waals surface area contributed by atoms with E-state index in [1.165, 1.54) is 6.33 Å². The number of hydrogen-bond acceptors (Lipinski definition) is 5. The smallest absolute Gasteiger partial charge is 0.142 e. The second-order valence-electron chi connectivity index (χ2n) is 3.58. The van der Waals surface area contributed by atoms with Crippen LogP contribution in [0.5, 0.6) is 0 Å².